The number of nitrogens with zero attached hydrogens (tertiary/aromatic N) is 2. The van der Waals surface area contributed by atoms with Crippen molar-refractivity contribution in [2.75, 3.05) is 13.6 Å². The van der Waals surface area contributed by atoms with Crippen molar-refractivity contribution in [3.8, 4) is 0 Å². The monoisotopic (exact) mass is 255 g/mol. The smallest absolute Gasteiger partial charge is 0.157 e. The Kier molecular flexibility index (Phi) is 4.36. The topological polar surface area (TPSA) is 27.6 Å². The van der Waals surface area contributed by atoms with Gasteiger partial charge in [0.15, 0.2) is 5.17 Å². The molecule has 1 heterocycles. The Morgan fingerprint density at radius 2 is 2.18 bits per heavy atom. The summed E-state index contributed by atoms with van der Waals surface area (Å²) in [5.41, 5.74) is 0. The van der Waals surface area contributed by atoms with Crippen molar-refractivity contribution in [1.82, 2.24) is 10.2 Å². The maximum Gasteiger partial charge on any atom is 0.157 e. The lowest BCUT2D eigenvalue weighted by Gasteiger charge is -2.28. The first-order chi connectivity index (χ1) is 8.06. The molecule has 3 nitrogen and oxygen atoms in total. The highest BCUT2D eigenvalue weighted by atomic mass is 32.2. The average molecular weight is 255 g/mol. The molecule has 17 heavy (non-hydrogen) atoms. The second kappa shape index (κ2) is 5.61. The third-order valence-corrected chi connectivity index (χ3v) is 4.75. The molecule has 0 amide bonds. The van der Waals surface area contributed by atoms with E-state index in [1.807, 2.05) is 11.8 Å². The maximum absolute atomic E-state index is 4.74. The van der Waals surface area contributed by atoms with Gasteiger partial charge in [-0.3, -0.25) is 9.89 Å². The molecule has 98 valence electrons. The van der Waals surface area contributed by atoms with Gasteiger partial charge in [-0.15, -0.1) is 0 Å². The second-order valence-corrected chi connectivity index (χ2v) is 7.03. The summed E-state index contributed by atoms with van der Waals surface area (Å²) in [4.78, 5) is 7.22. The average Bonchev–Trinajstić information content (AvgIpc) is 3.07. The minimum absolute atomic E-state index is 0.560. The molecule has 2 rings (SSSR count). The Balaban J connectivity index is 1.82. The standard InChI is InChI=1S/C13H25N3S/c1-9-7-11(3)17-13(15-9)14-8-10(2)16(4)12-5-6-12/h9-12H,5-8H2,1-4H3,(H,14,15). The Morgan fingerprint density at radius 1 is 1.47 bits per heavy atom. The number of hydrogen-bond donors (Lipinski definition) is 1. The fourth-order valence-electron chi connectivity index (χ4n) is 2.31. The van der Waals surface area contributed by atoms with E-state index < -0.39 is 0 Å². The molecule has 2 fully saturated rings. The van der Waals surface area contributed by atoms with Crippen molar-refractivity contribution >= 4 is 16.9 Å². The predicted octanol–water partition coefficient (Wildman–Crippen LogP) is 2.33. The number of hydrogen-bond acceptors (Lipinski definition) is 3. The number of nitrogens with one attached hydrogen (secondary N) is 1. The van der Waals surface area contributed by atoms with Crippen LogP contribution in [0.25, 0.3) is 0 Å². The Bertz CT molecular complexity index is 276. The predicted molar refractivity (Wildman–Crippen MR) is 76.8 cm³/mol. The van der Waals surface area contributed by atoms with Crippen LogP contribution in [0.15, 0.2) is 4.99 Å². The normalized spacial score (nSPS) is 33.8. The fourth-order valence-corrected chi connectivity index (χ4v) is 3.49. The minimum atomic E-state index is 0.560. The zero-order valence-electron chi connectivity index (χ0n) is 11.4. The largest absolute Gasteiger partial charge is 0.362 e. The van der Waals surface area contributed by atoms with Crippen LogP contribution >= 0.6 is 11.8 Å². The summed E-state index contributed by atoms with van der Waals surface area (Å²) in [6.45, 7) is 7.73. The molecule has 0 aromatic carbocycles. The Hall–Kier alpha value is -0.220. The zero-order chi connectivity index (χ0) is 12.4. The van der Waals surface area contributed by atoms with Crippen LogP contribution in [0.5, 0.6) is 0 Å². The summed E-state index contributed by atoms with van der Waals surface area (Å²) in [6.07, 6.45) is 3.98. The molecule has 0 bridgehead atoms. The van der Waals surface area contributed by atoms with Gasteiger partial charge in [0.1, 0.15) is 0 Å². The van der Waals surface area contributed by atoms with Crippen molar-refractivity contribution in [3.05, 3.63) is 0 Å². The zero-order valence-corrected chi connectivity index (χ0v) is 12.3. The van der Waals surface area contributed by atoms with E-state index in [1.165, 1.54) is 19.3 Å². The molecule has 1 aliphatic heterocycles. The van der Waals surface area contributed by atoms with E-state index in [-0.39, 0.29) is 0 Å². The lowest BCUT2D eigenvalue weighted by atomic mass is 10.2. The van der Waals surface area contributed by atoms with Crippen LogP contribution < -0.4 is 5.32 Å². The SMILES string of the molecule is CC1CC(C)SC(=NCC(C)N(C)C2CC2)N1. The van der Waals surface area contributed by atoms with Gasteiger partial charge in [-0.2, -0.15) is 0 Å². The van der Waals surface area contributed by atoms with Crippen molar-refractivity contribution < 1.29 is 0 Å². The summed E-state index contributed by atoms with van der Waals surface area (Å²) in [6, 6.07) is 1.96. The van der Waals surface area contributed by atoms with E-state index in [1.54, 1.807) is 0 Å². The first kappa shape index (κ1) is 13.2. The van der Waals surface area contributed by atoms with Crippen molar-refractivity contribution in [3.63, 3.8) is 0 Å². The molecule has 3 unspecified atom stereocenters. The van der Waals surface area contributed by atoms with Crippen molar-refractivity contribution in [1.29, 1.82) is 0 Å². The molecule has 0 radical (unpaired) electrons. The van der Waals surface area contributed by atoms with Gasteiger partial charge in [-0.05, 0) is 40.2 Å². The van der Waals surface area contributed by atoms with Crippen LogP contribution in [0.2, 0.25) is 0 Å². The first-order valence-electron chi connectivity index (χ1n) is 6.76. The van der Waals surface area contributed by atoms with Crippen LogP contribution in [-0.2, 0) is 0 Å². The van der Waals surface area contributed by atoms with Crippen LogP contribution in [0.1, 0.15) is 40.0 Å². The van der Waals surface area contributed by atoms with Gasteiger partial charge in [-0.25, -0.2) is 0 Å². The Morgan fingerprint density at radius 3 is 2.76 bits per heavy atom. The van der Waals surface area contributed by atoms with E-state index in [2.05, 4.69) is 38.0 Å². The highest BCUT2D eigenvalue weighted by molar-refractivity contribution is 8.14. The molecule has 3 atom stereocenters. The number of likely N-dealkylation sites (N-methyl/N-ethyl adjacent to an activating group) is 1. The minimum Gasteiger partial charge on any atom is -0.362 e. The van der Waals surface area contributed by atoms with Gasteiger partial charge >= 0.3 is 0 Å². The van der Waals surface area contributed by atoms with Crippen LogP contribution in [-0.4, -0.2) is 47.0 Å². The van der Waals surface area contributed by atoms with Crippen LogP contribution in [0, 0.1) is 0 Å². The summed E-state index contributed by atoms with van der Waals surface area (Å²) < 4.78 is 0. The second-order valence-electron chi connectivity index (χ2n) is 5.60. The third kappa shape index (κ3) is 3.88. The number of rotatable bonds is 4. The van der Waals surface area contributed by atoms with Gasteiger partial charge < -0.3 is 5.32 Å². The van der Waals surface area contributed by atoms with Crippen LogP contribution in [0.4, 0.5) is 0 Å². The number of thioether (sulfide) groups is 1. The van der Waals surface area contributed by atoms with E-state index in [9.17, 15) is 0 Å². The number of aliphatic imine (C=N–C) groups is 1. The van der Waals surface area contributed by atoms with Crippen molar-refractivity contribution in [2.24, 2.45) is 4.99 Å². The molecule has 4 heteroatoms. The third-order valence-electron chi connectivity index (χ3n) is 3.69. The highest BCUT2D eigenvalue weighted by Crippen LogP contribution is 2.27. The molecule has 0 spiro atoms. The summed E-state index contributed by atoms with van der Waals surface area (Å²) >= 11 is 1.89. The van der Waals surface area contributed by atoms with Gasteiger partial charge in [0.05, 0.1) is 6.54 Å². The molecule has 1 saturated carbocycles. The molecular weight excluding hydrogens is 230 g/mol. The summed E-state index contributed by atoms with van der Waals surface area (Å²) in [7, 11) is 2.23. The molecule has 1 saturated heterocycles. The lowest BCUT2D eigenvalue weighted by molar-refractivity contribution is 0.253. The maximum atomic E-state index is 4.74. The fraction of sp³-hybridized carbons (Fsp3) is 0.923. The quantitative estimate of drug-likeness (QED) is 0.835. The highest BCUT2D eigenvalue weighted by Gasteiger charge is 2.29. The van der Waals surface area contributed by atoms with Gasteiger partial charge in [0.25, 0.3) is 0 Å². The van der Waals surface area contributed by atoms with Gasteiger partial charge in [0.2, 0.25) is 0 Å². The number of amidine groups is 1. The molecule has 2 aliphatic rings. The van der Waals surface area contributed by atoms with E-state index in [0.717, 1.165) is 17.8 Å². The Labute approximate surface area is 109 Å². The van der Waals surface area contributed by atoms with Gasteiger partial charge in [-0.1, -0.05) is 18.7 Å². The van der Waals surface area contributed by atoms with Crippen molar-refractivity contribution in [2.45, 2.75) is 63.4 Å². The van der Waals surface area contributed by atoms with E-state index in [0.29, 0.717) is 17.3 Å². The van der Waals surface area contributed by atoms with Gasteiger partial charge in [0, 0.05) is 23.4 Å². The first-order valence-corrected chi connectivity index (χ1v) is 7.63. The molecular formula is C13H25N3S. The molecule has 1 N–H and O–H groups in total. The summed E-state index contributed by atoms with van der Waals surface area (Å²) in [5.74, 6) is 0. The van der Waals surface area contributed by atoms with Crippen LogP contribution in [0.3, 0.4) is 0 Å². The van der Waals surface area contributed by atoms with E-state index >= 15 is 0 Å². The molecule has 0 aromatic rings. The lowest BCUT2D eigenvalue weighted by Crippen LogP contribution is -2.39. The molecule has 0 aromatic heterocycles. The molecule has 1 aliphatic carbocycles. The summed E-state index contributed by atoms with van der Waals surface area (Å²) in [5, 5.41) is 5.32. The van der Waals surface area contributed by atoms with E-state index in [4.69, 9.17) is 4.99 Å².